The molecule has 5 nitrogen and oxygen atoms in total. The van der Waals surface area contributed by atoms with E-state index in [2.05, 4.69) is 17.3 Å². The van der Waals surface area contributed by atoms with Crippen LogP contribution in [0.2, 0.25) is 0 Å². The Morgan fingerprint density at radius 2 is 1.71 bits per heavy atom. The van der Waals surface area contributed by atoms with Gasteiger partial charge in [-0.1, -0.05) is 12.1 Å². The zero-order valence-corrected chi connectivity index (χ0v) is 19.3. The number of benzene rings is 3. The van der Waals surface area contributed by atoms with Crippen molar-refractivity contribution in [1.29, 1.82) is 0 Å². The second kappa shape index (κ2) is 8.50. The lowest BCUT2D eigenvalue weighted by molar-refractivity contribution is 0.231. The van der Waals surface area contributed by atoms with Gasteiger partial charge in [0, 0.05) is 23.2 Å². The smallest absolute Gasteiger partial charge is 0.348 e. The van der Waals surface area contributed by atoms with Crippen LogP contribution in [0.4, 0.5) is 25.0 Å². The highest BCUT2D eigenvalue weighted by Crippen LogP contribution is 2.41. The van der Waals surface area contributed by atoms with Crippen molar-refractivity contribution in [2.24, 2.45) is 0 Å². The number of carbonyl (C=O) groups is 1. The molecule has 3 aliphatic rings. The number of anilines is 1. The molecule has 35 heavy (non-hydrogen) atoms. The molecule has 0 aromatic heterocycles. The highest BCUT2D eigenvalue weighted by molar-refractivity contribution is 6.05. The summed E-state index contributed by atoms with van der Waals surface area (Å²) < 4.78 is 33.8. The van der Waals surface area contributed by atoms with Crippen LogP contribution in [-0.4, -0.2) is 37.1 Å². The van der Waals surface area contributed by atoms with E-state index in [1.54, 1.807) is 12.1 Å². The number of fused-ring (bicyclic) bond motifs is 3. The van der Waals surface area contributed by atoms with Crippen molar-refractivity contribution in [3.05, 3.63) is 88.5 Å². The van der Waals surface area contributed by atoms with Crippen LogP contribution in [0.1, 0.15) is 35.1 Å². The number of carbonyl (C=O) groups excluding carboxylic acids is 1. The third kappa shape index (κ3) is 3.96. The first-order valence-corrected chi connectivity index (χ1v) is 11.8. The first kappa shape index (κ1) is 21.8. The second-order valence-electron chi connectivity index (χ2n) is 9.34. The van der Waals surface area contributed by atoms with Gasteiger partial charge in [-0.3, -0.25) is 4.90 Å². The van der Waals surface area contributed by atoms with Crippen molar-refractivity contribution in [3.8, 4) is 5.75 Å². The van der Waals surface area contributed by atoms with Gasteiger partial charge in [0.15, 0.2) is 0 Å². The standard InChI is InChI=1S/C28H24F2N3O2/c1-32-10-8-21(9-11-32)33-26-7-2-17(13-25(26)31-28(33)34)12-24-22-5-3-19(29)14-18(22)16-35-27-15-20(30)4-6-23(24)27/h2-7,12-15,21H,8-11,16H2,1H3. The van der Waals surface area contributed by atoms with Crippen LogP contribution >= 0.6 is 0 Å². The Morgan fingerprint density at radius 1 is 0.971 bits per heavy atom. The monoisotopic (exact) mass is 472 g/mol. The number of rotatable bonds is 2. The van der Waals surface area contributed by atoms with E-state index in [0.29, 0.717) is 17.0 Å². The molecule has 1 fully saturated rings. The van der Waals surface area contributed by atoms with Gasteiger partial charge >= 0.3 is 6.03 Å². The zero-order valence-electron chi connectivity index (χ0n) is 19.3. The summed E-state index contributed by atoms with van der Waals surface area (Å²) in [7, 11) is 2.09. The Kier molecular flexibility index (Phi) is 5.29. The SMILES string of the molecule is CN1CCC(N2C(=O)[N]c3cc(C=C4c5ccc(F)cc5COc5cc(F)ccc54)ccc32)CC1. The van der Waals surface area contributed by atoms with Crippen molar-refractivity contribution in [1.82, 2.24) is 10.2 Å². The van der Waals surface area contributed by atoms with Crippen LogP contribution in [0.25, 0.3) is 11.6 Å². The molecule has 3 aliphatic heterocycles. The van der Waals surface area contributed by atoms with Gasteiger partial charge in [-0.15, -0.1) is 0 Å². The Labute approximate surface area is 202 Å². The molecule has 1 radical (unpaired) electrons. The van der Waals surface area contributed by atoms with Gasteiger partial charge in [0.05, 0.1) is 11.4 Å². The average molecular weight is 473 g/mol. The van der Waals surface area contributed by atoms with Crippen LogP contribution < -0.4 is 15.0 Å². The number of halogens is 2. The topological polar surface area (TPSA) is 46.9 Å². The molecule has 2 amide bonds. The lowest BCUT2D eigenvalue weighted by atomic mass is 9.92. The van der Waals surface area contributed by atoms with E-state index >= 15 is 0 Å². The van der Waals surface area contributed by atoms with Gasteiger partial charge in [0.2, 0.25) is 0 Å². The fraction of sp³-hybridized carbons (Fsp3) is 0.250. The van der Waals surface area contributed by atoms with Crippen LogP contribution in [-0.2, 0) is 6.61 Å². The number of likely N-dealkylation sites (tertiary alicyclic amines) is 1. The minimum Gasteiger partial charge on any atom is -0.488 e. The summed E-state index contributed by atoms with van der Waals surface area (Å²) in [5.41, 5.74) is 5.34. The molecule has 1 saturated heterocycles. The predicted molar refractivity (Wildman–Crippen MR) is 131 cm³/mol. The molecule has 3 aromatic rings. The molecule has 0 bridgehead atoms. The largest absolute Gasteiger partial charge is 0.488 e. The molecule has 177 valence electrons. The lowest BCUT2D eigenvalue weighted by Gasteiger charge is -2.34. The summed E-state index contributed by atoms with van der Waals surface area (Å²) in [6.45, 7) is 2.05. The molecule has 0 saturated carbocycles. The van der Waals surface area contributed by atoms with Crippen LogP contribution in [0.15, 0.2) is 54.6 Å². The molecule has 0 unspecified atom stereocenters. The first-order chi connectivity index (χ1) is 17.0. The highest BCUT2D eigenvalue weighted by atomic mass is 19.1. The minimum atomic E-state index is -0.399. The lowest BCUT2D eigenvalue weighted by Crippen LogP contribution is -2.45. The molecular weight excluding hydrogens is 448 g/mol. The number of hydrogen-bond donors (Lipinski definition) is 0. The van der Waals surface area contributed by atoms with Crippen LogP contribution in [0, 0.1) is 11.6 Å². The molecular formula is C28H24F2N3O2. The quantitative estimate of drug-likeness (QED) is 0.480. The minimum absolute atomic E-state index is 0.139. The third-order valence-corrected chi connectivity index (χ3v) is 7.02. The maximum absolute atomic E-state index is 14.0. The van der Waals surface area contributed by atoms with E-state index in [-0.39, 0.29) is 24.5 Å². The Hall–Kier alpha value is -3.71. The van der Waals surface area contributed by atoms with Crippen molar-refractivity contribution >= 4 is 29.1 Å². The number of hydrogen-bond acceptors (Lipinski definition) is 3. The van der Waals surface area contributed by atoms with Gasteiger partial charge in [-0.2, -0.15) is 5.32 Å². The predicted octanol–water partition coefficient (Wildman–Crippen LogP) is 5.72. The maximum atomic E-state index is 14.0. The van der Waals surface area contributed by atoms with Gasteiger partial charge < -0.3 is 9.64 Å². The number of nitrogens with zero attached hydrogens (tertiary/aromatic N) is 3. The van der Waals surface area contributed by atoms with E-state index < -0.39 is 5.82 Å². The molecule has 0 atom stereocenters. The summed E-state index contributed by atoms with van der Waals surface area (Å²) in [6.07, 6.45) is 3.80. The summed E-state index contributed by atoms with van der Waals surface area (Å²) in [5, 5.41) is 4.33. The normalized spacial score (nSPS) is 19.0. The Morgan fingerprint density at radius 3 is 2.51 bits per heavy atom. The fourth-order valence-electron chi connectivity index (χ4n) is 5.19. The van der Waals surface area contributed by atoms with Crippen molar-refractivity contribution in [2.75, 3.05) is 25.0 Å². The van der Waals surface area contributed by atoms with Crippen molar-refractivity contribution < 1.29 is 18.3 Å². The molecule has 6 rings (SSSR count). The van der Waals surface area contributed by atoms with Crippen LogP contribution in [0.3, 0.4) is 0 Å². The van der Waals surface area contributed by atoms with E-state index in [0.717, 1.165) is 53.9 Å². The van der Waals surface area contributed by atoms with E-state index in [1.807, 2.05) is 29.2 Å². The maximum Gasteiger partial charge on any atom is 0.348 e. The summed E-state index contributed by atoms with van der Waals surface area (Å²) in [5.74, 6) is -0.348. The van der Waals surface area contributed by atoms with Crippen molar-refractivity contribution in [3.63, 3.8) is 0 Å². The zero-order chi connectivity index (χ0) is 24.1. The third-order valence-electron chi connectivity index (χ3n) is 7.02. The molecule has 3 heterocycles. The van der Waals surface area contributed by atoms with E-state index in [1.165, 1.54) is 24.3 Å². The summed E-state index contributed by atoms with van der Waals surface area (Å²) >= 11 is 0. The number of piperidine rings is 1. The molecule has 0 aliphatic carbocycles. The number of amides is 2. The Balaban J connectivity index is 1.41. The fourth-order valence-corrected chi connectivity index (χ4v) is 5.19. The molecule has 7 heteroatoms. The van der Waals surface area contributed by atoms with Gasteiger partial charge in [-0.05, 0) is 92.2 Å². The number of urea groups is 1. The summed E-state index contributed by atoms with van der Waals surface area (Å²) in [4.78, 5) is 16.9. The van der Waals surface area contributed by atoms with Gasteiger partial charge in [0.1, 0.15) is 24.0 Å². The second-order valence-corrected chi connectivity index (χ2v) is 9.34. The molecule has 3 aromatic carbocycles. The molecule has 0 N–H and O–H groups in total. The van der Waals surface area contributed by atoms with Gasteiger partial charge in [0.25, 0.3) is 0 Å². The van der Waals surface area contributed by atoms with Crippen LogP contribution in [0.5, 0.6) is 5.75 Å². The number of ether oxygens (including phenoxy) is 1. The van der Waals surface area contributed by atoms with E-state index in [9.17, 15) is 13.6 Å². The van der Waals surface area contributed by atoms with Gasteiger partial charge in [-0.25, -0.2) is 13.6 Å². The van der Waals surface area contributed by atoms with E-state index in [4.69, 9.17) is 4.74 Å². The average Bonchev–Trinajstić information content (AvgIpc) is 3.09. The van der Waals surface area contributed by atoms with Crippen molar-refractivity contribution in [2.45, 2.75) is 25.5 Å². The first-order valence-electron chi connectivity index (χ1n) is 11.8. The summed E-state index contributed by atoms with van der Waals surface area (Å²) in [6, 6.07) is 14.7. The molecule has 0 spiro atoms. The Bertz CT molecular complexity index is 1310. The highest BCUT2D eigenvalue weighted by Gasteiger charge is 2.35.